The van der Waals surface area contributed by atoms with Gasteiger partial charge in [-0.3, -0.25) is 4.68 Å². The highest BCUT2D eigenvalue weighted by Gasteiger charge is 2.56. The summed E-state index contributed by atoms with van der Waals surface area (Å²) in [5.41, 5.74) is 64.0. The first-order valence-electron chi connectivity index (χ1n) is 40.3. The molecule has 1 aromatic rings. The number of unbranched alkanes of at least 4 members (excludes halogenated alkanes) is 4. The second-order valence-corrected chi connectivity index (χ2v) is 30.1. The van der Waals surface area contributed by atoms with Crippen molar-refractivity contribution in [3.8, 4) is 0 Å². The highest BCUT2D eigenvalue weighted by molar-refractivity contribution is 5.76. The van der Waals surface area contributed by atoms with E-state index in [2.05, 4.69) is 10.3 Å². The van der Waals surface area contributed by atoms with Crippen LogP contribution in [0.3, 0.4) is 0 Å². The lowest BCUT2D eigenvalue weighted by molar-refractivity contribution is -0.318. The Labute approximate surface area is 811 Å². The van der Waals surface area contributed by atoms with Crippen molar-refractivity contribution in [2.24, 2.45) is 57.3 Å². The molecule has 1 aromatic heterocycles. The zero-order valence-corrected chi connectivity index (χ0v) is 74.6. The number of rotatable bonds is 26. The van der Waals surface area contributed by atoms with Crippen molar-refractivity contribution in [3.63, 3.8) is 0 Å². The van der Waals surface area contributed by atoms with Crippen LogP contribution in [-0.2, 0) is 108 Å². The standard InChI is InChI=1S/C48H93N13O18.10C2HF3O2/c49-15-29-27(64)13-25(55)45(72-29)76-39-21(51)11-23(53)41(78-47-37(68)33(57)35(66)31(18-62)74-47)43(39)70-9-5-2-1-4-8-61-17-20(59-60-61)7-3-6-10-71-44-40(77-46-26(56)14-28(65)30(16-50)73-46)22(52)12-24(54)42(44)79-48-38(69)34(58)36(67)32(19-63)75-48;10*3-2(4,5)1(6)7/h17,21-48,62-69H,1-16,18-19,49-58H2;10*(H,6,7)/t21-,22-,23+,24+,25+,26+,27-,28-,29+,30+,31+,32+,33-,34-,35+,36+,37+,38+,39+,40+,41-,42-,43-,44-,45+,46+,47+,48+;;;;;;;;;;/m0........../s1. The fraction of sp³-hybridized carbons (Fsp3) is 0.824. The molecule has 7 rings (SSSR count). The van der Waals surface area contributed by atoms with Crippen molar-refractivity contribution in [1.82, 2.24) is 15.0 Å². The molecular formula is C68H103F30N13O38. The molecule has 38 N–H and O–H groups in total. The van der Waals surface area contributed by atoms with Crippen LogP contribution < -0.4 is 57.3 Å². The fourth-order valence-electron chi connectivity index (χ4n) is 11.3. The predicted molar refractivity (Wildman–Crippen MR) is 413 cm³/mol. The maximum absolute atomic E-state index is 11.0. The van der Waals surface area contributed by atoms with Gasteiger partial charge in [0, 0.05) is 63.2 Å². The van der Waals surface area contributed by atoms with Gasteiger partial charge in [0.05, 0.1) is 67.5 Å². The second kappa shape index (κ2) is 64.6. The maximum atomic E-state index is 11.0. The van der Waals surface area contributed by atoms with E-state index in [1.807, 2.05) is 6.20 Å². The Morgan fingerprint density at radius 1 is 0.309 bits per heavy atom. The largest absolute Gasteiger partial charge is 0.490 e. The lowest BCUT2D eigenvalue weighted by Crippen LogP contribution is -2.68. The van der Waals surface area contributed by atoms with Crippen molar-refractivity contribution in [3.05, 3.63) is 11.9 Å². The van der Waals surface area contributed by atoms with Crippen molar-refractivity contribution in [1.29, 1.82) is 0 Å². The molecule has 5 heterocycles. The van der Waals surface area contributed by atoms with Crippen molar-refractivity contribution in [2.75, 3.05) is 39.5 Å². The monoisotopic (exact) mass is 2280 g/mol. The van der Waals surface area contributed by atoms with E-state index in [1.54, 1.807) is 4.68 Å². The summed E-state index contributed by atoms with van der Waals surface area (Å²) in [6.07, 6.45) is -65.0. The Bertz CT molecular complexity index is 3720. The molecular weight excluding hydrogens is 2180 g/mol. The molecule has 4 aliphatic heterocycles. The molecule has 0 aromatic carbocycles. The van der Waals surface area contributed by atoms with Gasteiger partial charge in [0.1, 0.15) is 73.2 Å². The Hall–Kier alpha value is -9.38. The van der Waals surface area contributed by atoms with Crippen LogP contribution in [0.2, 0.25) is 0 Å². The van der Waals surface area contributed by atoms with Crippen molar-refractivity contribution in [2.45, 2.75) is 310 Å². The number of nitrogens with two attached hydrogens (primary N) is 10. The zero-order valence-electron chi connectivity index (χ0n) is 74.6. The number of hydrogen-bond acceptors (Lipinski definition) is 40. The average Bonchev–Trinajstić information content (AvgIpc) is 0.908. The summed E-state index contributed by atoms with van der Waals surface area (Å²) in [5, 5.41) is 163. The molecule has 878 valence electrons. The van der Waals surface area contributed by atoms with Gasteiger partial charge in [-0.05, 0) is 57.8 Å². The van der Waals surface area contributed by atoms with Crippen molar-refractivity contribution < 1.29 is 319 Å². The number of aliphatic hydroxyl groups is 8. The molecule has 2 saturated carbocycles. The van der Waals surface area contributed by atoms with Gasteiger partial charge in [-0.2, -0.15) is 132 Å². The third kappa shape index (κ3) is 56.7. The normalized spacial score (nSPS) is 29.3. The number of alkyl halides is 30. The maximum Gasteiger partial charge on any atom is 0.490 e. The molecule has 6 fully saturated rings. The van der Waals surface area contributed by atoms with Crippen LogP contribution in [0.15, 0.2) is 6.20 Å². The highest BCUT2D eigenvalue weighted by atomic mass is 19.4. The number of carboxylic acid groups (broad SMARTS) is 10. The molecule has 0 bridgehead atoms. The van der Waals surface area contributed by atoms with Gasteiger partial charge >= 0.3 is 121 Å². The first-order valence-corrected chi connectivity index (χ1v) is 40.3. The van der Waals surface area contributed by atoms with E-state index < -0.39 is 306 Å². The molecule has 149 heavy (non-hydrogen) atoms. The number of hydrogen-bond donors (Lipinski definition) is 28. The molecule has 0 unspecified atom stereocenters. The van der Waals surface area contributed by atoms with Crippen LogP contribution in [0.5, 0.6) is 0 Å². The first kappa shape index (κ1) is 146. The predicted octanol–water partition coefficient (Wildman–Crippen LogP) is -3.02. The molecule has 6 aliphatic rings. The minimum Gasteiger partial charge on any atom is -0.475 e. The van der Waals surface area contributed by atoms with Crippen LogP contribution in [0, 0.1) is 0 Å². The Balaban J connectivity index is -0.00000119. The van der Waals surface area contributed by atoms with E-state index in [9.17, 15) is 173 Å². The molecule has 4 saturated heterocycles. The summed E-state index contributed by atoms with van der Waals surface area (Å²) in [4.78, 5) is 89.0. The van der Waals surface area contributed by atoms with Gasteiger partial charge in [-0.25, -0.2) is 47.9 Å². The summed E-state index contributed by atoms with van der Waals surface area (Å²) < 4.78 is 381. The van der Waals surface area contributed by atoms with Crippen LogP contribution in [0.1, 0.15) is 69.9 Å². The molecule has 0 radical (unpaired) electrons. The summed E-state index contributed by atoms with van der Waals surface area (Å²) in [7, 11) is 0. The average molecular weight is 2280 g/mol. The number of carboxylic acids is 10. The molecule has 28 atom stereocenters. The molecule has 0 spiro atoms. The van der Waals surface area contributed by atoms with E-state index >= 15 is 0 Å². The number of carbonyl (C=O) groups is 10. The lowest BCUT2D eigenvalue weighted by atomic mass is 9.84. The van der Waals surface area contributed by atoms with Crippen LogP contribution in [0.4, 0.5) is 132 Å². The molecule has 81 heteroatoms. The Morgan fingerprint density at radius 3 is 0.745 bits per heavy atom. The third-order valence-corrected chi connectivity index (χ3v) is 18.5. The zero-order chi connectivity index (χ0) is 118. The second-order valence-electron chi connectivity index (χ2n) is 30.1. The number of halogens is 30. The summed E-state index contributed by atoms with van der Waals surface area (Å²) in [6.45, 7) is -0.0682. The van der Waals surface area contributed by atoms with Gasteiger partial charge < -0.3 is 197 Å². The molecule has 2 aliphatic carbocycles. The number of aliphatic hydroxyl groups excluding tert-OH is 8. The van der Waals surface area contributed by atoms with Gasteiger partial charge in [0.2, 0.25) is 0 Å². The molecule has 51 nitrogen and oxygen atoms in total. The number of aromatic nitrogens is 3. The number of aryl methyl sites for hydroxylation is 2. The Morgan fingerprint density at radius 2 is 0.523 bits per heavy atom. The fourth-order valence-corrected chi connectivity index (χ4v) is 11.3. The number of aliphatic carboxylic acids is 10. The van der Waals surface area contributed by atoms with E-state index in [0.717, 1.165) is 25.0 Å². The van der Waals surface area contributed by atoms with Crippen LogP contribution in [0.25, 0.3) is 0 Å². The SMILES string of the molecule is NC[C@H]1O[C@H](O[C@H]2[C@H](OCCCCCCn3cc(CCCCO[C@@H]4[C@@H](O[C@H]5O[C@H](CO)[C@@H](O)[C@H](N)[C@H]5O)[C@H](N)C[C@H](N)[C@H]4O[C@H]4O[C@H](CN)[C@@H](O)C[C@H]4N)nn3)[C@@H](O[C@H]3O[C@H](CO)[C@@H](O)[C@H](N)[C@H]3O)[C@H](N)C[C@@H]2N)[C@H](N)C[C@@H]1O.O=C(O)C(F)(F)F.O=C(O)C(F)(F)F.O=C(O)C(F)(F)F.O=C(O)C(F)(F)F.O=C(O)C(F)(F)F.O=C(O)C(F)(F)F.O=C(O)C(F)(F)F.O=C(O)C(F)(F)F.O=C(O)C(F)(F)F.O=C(O)C(F)(F)F. The van der Waals surface area contributed by atoms with E-state index in [4.69, 9.17) is 204 Å². The van der Waals surface area contributed by atoms with E-state index in [0.29, 0.717) is 32.2 Å². The minimum atomic E-state index is -5.08. The summed E-state index contributed by atoms with van der Waals surface area (Å²) in [5.74, 6) is -27.6. The van der Waals surface area contributed by atoms with Crippen molar-refractivity contribution >= 4 is 59.7 Å². The smallest absolute Gasteiger partial charge is 0.475 e. The van der Waals surface area contributed by atoms with E-state index in [1.165, 1.54) is 0 Å². The van der Waals surface area contributed by atoms with Gasteiger partial charge in [0.15, 0.2) is 25.2 Å². The quantitative estimate of drug-likeness (QED) is 0.0324. The van der Waals surface area contributed by atoms with Gasteiger partial charge in [-0.1, -0.05) is 18.1 Å². The van der Waals surface area contributed by atoms with E-state index in [-0.39, 0.29) is 52.0 Å². The lowest BCUT2D eigenvalue weighted by Gasteiger charge is -2.49. The topological polar surface area (TPSA) is 918 Å². The van der Waals surface area contributed by atoms with Gasteiger partial charge in [-0.15, -0.1) is 5.10 Å². The third-order valence-electron chi connectivity index (χ3n) is 18.5. The van der Waals surface area contributed by atoms with Crippen LogP contribution in [-0.4, -0.2) is 439 Å². The summed E-state index contributed by atoms with van der Waals surface area (Å²) >= 11 is 0. The number of nitrogens with zero attached hydrogens (tertiary/aromatic N) is 3. The summed E-state index contributed by atoms with van der Waals surface area (Å²) in [6, 6.07) is -6.65. The highest BCUT2D eigenvalue weighted by Crippen LogP contribution is 2.37. The first-order chi connectivity index (χ1) is 67.2. The van der Waals surface area contributed by atoms with Crippen LogP contribution >= 0.6 is 0 Å². The van der Waals surface area contributed by atoms with Gasteiger partial charge in [0.25, 0.3) is 0 Å². The number of ether oxygens (including phenoxy) is 10. The minimum absolute atomic E-state index is 0.0235. The molecule has 0 amide bonds. The Kier molecular flexibility index (Phi) is 63.2.